The highest BCUT2D eigenvalue weighted by Gasteiger charge is 2.26. The number of hydrogen-bond acceptors (Lipinski definition) is 4. The first-order chi connectivity index (χ1) is 7.36. The molecule has 15 heavy (non-hydrogen) atoms. The third kappa shape index (κ3) is 1.40. The summed E-state index contributed by atoms with van der Waals surface area (Å²) in [4.78, 5) is 11.1. The molecular weight excluding hydrogens is 188 g/mol. The van der Waals surface area contributed by atoms with Gasteiger partial charge in [-0.05, 0) is 19.3 Å². The summed E-state index contributed by atoms with van der Waals surface area (Å²) in [5, 5.41) is 3.29. The molecule has 1 saturated heterocycles. The summed E-state index contributed by atoms with van der Waals surface area (Å²) in [7, 11) is 2.15. The van der Waals surface area contributed by atoms with E-state index in [9.17, 15) is 0 Å². The van der Waals surface area contributed by atoms with Gasteiger partial charge in [0.05, 0.1) is 6.04 Å². The van der Waals surface area contributed by atoms with Crippen molar-refractivity contribution >= 4 is 5.82 Å². The second kappa shape index (κ2) is 3.45. The Kier molecular flexibility index (Phi) is 2.09. The van der Waals surface area contributed by atoms with Crippen LogP contribution in [-0.2, 0) is 12.8 Å². The molecule has 1 aliphatic heterocycles. The number of aromatic nitrogens is 2. The van der Waals surface area contributed by atoms with Gasteiger partial charge in [-0.15, -0.1) is 0 Å². The Morgan fingerprint density at radius 3 is 2.93 bits per heavy atom. The SMILES string of the molecule is CN(c1ncnc2c1CCC2)C1CNC1. The van der Waals surface area contributed by atoms with E-state index in [0.29, 0.717) is 6.04 Å². The van der Waals surface area contributed by atoms with Crippen LogP contribution in [0.4, 0.5) is 5.82 Å². The van der Waals surface area contributed by atoms with E-state index in [-0.39, 0.29) is 0 Å². The van der Waals surface area contributed by atoms with E-state index in [2.05, 4.69) is 27.2 Å². The molecule has 1 aliphatic carbocycles. The highest BCUT2D eigenvalue weighted by molar-refractivity contribution is 5.51. The van der Waals surface area contributed by atoms with Gasteiger partial charge >= 0.3 is 0 Å². The smallest absolute Gasteiger partial charge is 0.135 e. The van der Waals surface area contributed by atoms with Crippen LogP contribution in [0.3, 0.4) is 0 Å². The van der Waals surface area contributed by atoms with Gasteiger partial charge < -0.3 is 10.2 Å². The van der Waals surface area contributed by atoms with Gasteiger partial charge in [0.15, 0.2) is 0 Å². The van der Waals surface area contributed by atoms with Crippen LogP contribution < -0.4 is 10.2 Å². The number of rotatable bonds is 2. The molecule has 0 unspecified atom stereocenters. The molecule has 0 spiro atoms. The van der Waals surface area contributed by atoms with Gasteiger partial charge in [0, 0.05) is 31.4 Å². The fraction of sp³-hybridized carbons (Fsp3) is 0.636. The number of hydrogen-bond donors (Lipinski definition) is 1. The summed E-state index contributed by atoms with van der Waals surface area (Å²) in [6, 6.07) is 0.615. The molecule has 0 aromatic carbocycles. The van der Waals surface area contributed by atoms with E-state index in [4.69, 9.17) is 0 Å². The van der Waals surface area contributed by atoms with Crippen molar-refractivity contribution in [1.82, 2.24) is 15.3 Å². The molecule has 0 bridgehead atoms. The van der Waals surface area contributed by atoms with Crippen molar-refractivity contribution in [3.8, 4) is 0 Å². The molecule has 4 heteroatoms. The highest BCUT2D eigenvalue weighted by atomic mass is 15.3. The predicted molar refractivity (Wildman–Crippen MR) is 59.1 cm³/mol. The van der Waals surface area contributed by atoms with Gasteiger partial charge in [0.2, 0.25) is 0 Å². The van der Waals surface area contributed by atoms with Crippen molar-refractivity contribution in [2.24, 2.45) is 0 Å². The van der Waals surface area contributed by atoms with E-state index >= 15 is 0 Å². The third-order valence-electron chi connectivity index (χ3n) is 3.49. The maximum absolute atomic E-state index is 4.44. The quantitative estimate of drug-likeness (QED) is 0.756. The minimum absolute atomic E-state index is 0.615. The molecule has 0 amide bonds. The van der Waals surface area contributed by atoms with Crippen molar-refractivity contribution in [3.63, 3.8) is 0 Å². The third-order valence-corrected chi connectivity index (χ3v) is 3.49. The van der Waals surface area contributed by atoms with Crippen molar-refractivity contribution < 1.29 is 0 Å². The van der Waals surface area contributed by atoms with Gasteiger partial charge in [0.25, 0.3) is 0 Å². The Hall–Kier alpha value is -1.16. The molecule has 0 saturated carbocycles. The molecule has 1 fully saturated rings. The van der Waals surface area contributed by atoms with Crippen LogP contribution in [-0.4, -0.2) is 36.1 Å². The fourth-order valence-corrected chi connectivity index (χ4v) is 2.37. The van der Waals surface area contributed by atoms with Crippen LogP contribution in [0.1, 0.15) is 17.7 Å². The lowest BCUT2D eigenvalue weighted by atomic mass is 10.1. The second-order valence-corrected chi connectivity index (χ2v) is 4.40. The standard InChI is InChI=1S/C11H16N4/c1-15(8-5-12-6-8)11-9-3-2-4-10(9)13-7-14-11/h7-8,12H,2-6H2,1H3. The van der Waals surface area contributed by atoms with Crippen LogP contribution in [0.2, 0.25) is 0 Å². The molecular formula is C11H16N4. The van der Waals surface area contributed by atoms with E-state index in [0.717, 1.165) is 31.7 Å². The number of nitrogens with one attached hydrogen (secondary N) is 1. The molecule has 2 aliphatic rings. The lowest BCUT2D eigenvalue weighted by Crippen LogP contribution is -2.56. The van der Waals surface area contributed by atoms with E-state index < -0.39 is 0 Å². The number of aryl methyl sites for hydroxylation is 1. The lowest BCUT2D eigenvalue weighted by Gasteiger charge is -2.37. The summed E-state index contributed by atoms with van der Waals surface area (Å²) >= 11 is 0. The maximum Gasteiger partial charge on any atom is 0.135 e. The van der Waals surface area contributed by atoms with Crippen molar-refractivity contribution in [2.45, 2.75) is 25.3 Å². The molecule has 2 heterocycles. The minimum Gasteiger partial charge on any atom is -0.354 e. The second-order valence-electron chi connectivity index (χ2n) is 4.40. The van der Waals surface area contributed by atoms with Gasteiger partial charge in [-0.3, -0.25) is 0 Å². The van der Waals surface area contributed by atoms with Crippen molar-refractivity contribution in [1.29, 1.82) is 0 Å². The minimum atomic E-state index is 0.615. The number of anilines is 1. The Labute approximate surface area is 89.7 Å². The summed E-state index contributed by atoms with van der Waals surface area (Å²) < 4.78 is 0. The van der Waals surface area contributed by atoms with E-state index in [1.165, 1.54) is 17.7 Å². The Bertz CT molecular complexity index is 373. The predicted octanol–water partition coefficient (Wildman–Crippen LogP) is 0.373. The topological polar surface area (TPSA) is 41.1 Å². The zero-order chi connectivity index (χ0) is 10.3. The first kappa shape index (κ1) is 9.09. The molecule has 1 aromatic rings. The maximum atomic E-state index is 4.44. The molecule has 4 nitrogen and oxygen atoms in total. The normalized spacial score (nSPS) is 19.8. The van der Waals surface area contributed by atoms with Crippen LogP contribution in [0, 0.1) is 0 Å². The van der Waals surface area contributed by atoms with Crippen LogP contribution >= 0.6 is 0 Å². The first-order valence-electron chi connectivity index (χ1n) is 5.62. The van der Waals surface area contributed by atoms with Gasteiger partial charge in [-0.2, -0.15) is 0 Å². The zero-order valence-electron chi connectivity index (χ0n) is 9.03. The molecule has 1 N–H and O–H groups in total. The molecule has 3 rings (SSSR count). The fourth-order valence-electron chi connectivity index (χ4n) is 2.37. The van der Waals surface area contributed by atoms with Crippen molar-refractivity contribution in [2.75, 3.05) is 25.0 Å². The molecule has 1 aromatic heterocycles. The van der Waals surface area contributed by atoms with E-state index in [1.54, 1.807) is 6.33 Å². The van der Waals surface area contributed by atoms with Gasteiger partial charge in [-0.1, -0.05) is 0 Å². The highest BCUT2D eigenvalue weighted by Crippen LogP contribution is 2.28. The van der Waals surface area contributed by atoms with Crippen LogP contribution in [0.5, 0.6) is 0 Å². The first-order valence-corrected chi connectivity index (χ1v) is 5.62. The molecule has 80 valence electrons. The monoisotopic (exact) mass is 204 g/mol. The molecule has 0 atom stereocenters. The Morgan fingerprint density at radius 2 is 2.20 bits per heavy atom. The Balaban J connectivity index is 1.93. The largest absolute Gasteiger partial charge is 0.354 e. The summed E-state index contributed by atoms with van der Waals surface area (Å²) in [6.07, 6.45) is 5.22. The number of fused-ring (bicyclic) bond motifs is 1. The summed E-state index contributed by atoms with van der Waals surface area (Å²) in [5.74, 6) is 1.16. The number of likely N-dealkylation sites (N-methyl/N-ethyl adjacent to an activating group) is 1. The van der Waals surface area contributed by atoms with E-state index in [1.807, 2.05) is 0 Å². The van der Waals surface area contributed by atoms with Gasteiger partial charge in [-0.25, -0.2) is 9.97 Å². The van der Waals surface area contributed by atoms with Crippen molar-refractivity contribution in [3.05, 3.63) is 17.6 Å². The zero-order valence-corrected chi connectivity index (χ0v) is 9.03. The summed E-state index contributed by atoms with van der Waals surface area (Å²) in [6.45, 7) is 2.16. The number of nitrogens with zero attached hydrogens (tertiary/aromatic N) is 3. The molecule has 0 radical (unpaired) electrons. The van der Waals surface area contributed by atoms with Gasteiger partial charge in [0.1, 0.15) is 12.1 Å². The van der Waals surface area contributed by atoms with Crippen LogP contribution in [0.25, 0.3) is 0 Å². The Morgan fingerprint density at radius 1 is 1.33 bits per heavy atom. The summed E-state index contributed by atoms with van der Waals surface area (Å²) in [5.41, 5.74) is 2.64. The average Bonchev–Trinajstić information content (AvgIpc) is 2.61. The lowest BCUT2D eigenvalue weighted by molar-refractivity contribution is 0.426. The van der Waals surface area contributed by atoms with Crippen LogP contribution in [0.15, 0.2) is 6.33 Å². The average molecular weight is 204 g/mol.